The van der Waals surface area contributed by atoms with Crippen LogP contribution in [0.3, 0.4) is 0 Å². The maximum Gasteiger partial charge on any atom is 0.345 e. The van der Waals surface area contributed by atoms with Crippen molar-refractivity contribution in [3.8, 4) is 5.75 Å². The molecule has 2 aromatic rings. The first kappa shape index (κ1) is 14.0. The summed E-state index contributed by atoms with van der Waals surface area (Å²) in [4.78, 5) is 12.1. The SMILES string of the molecule is Cc1cccc(OCCSc2csc(C(=O)O)c2)c1. The van der Waals surface area contributed by atoms with Crippen molar-refractivity contribution in [3.63, 3.8) is 0 Å². The van der Waals surface area contributed by atoms with Crippen LogP contribution in [0, 0.1) is 6.92 Å². The predicted octanol–water partition coefficient (Wildman–Crippen LogP) is 3.93. The normalized spacial score (nSPS) is 10.4. The number of thioether (sulfide) groups is 1. The lowest BCUT2D eigenvalue weighted by Gasteiger charge is -2.05. The van der Waals surface area contributed by atoms with Gasteiger partial charge in [-0.2, -0.15) is 0 Å². The second-order valence-corrected chi connectivity index (χ2v) is 6.04. The molecule has 3 nitrogen and oxygen atoms in total. The van der Waals surface area contributed by atoms with Crippen molar-refractivity contribution in [1.29, 1.82) is 0 Å². The molecule has 0 bridgehead atoms. The van der Waals surface area contributed by atoms with Crippen LogP contribution in [0.2, 0.25) is 0 Å². The Morgan fingerprint density at radius 3 is 2.95 bits per heavy atom. The van der Waals surface area contributed by atoms with E-state index in [9.17, 15) is 4.79 Å². The summed E-state index contributed by atoms with van der Waals surface area (Å²) in [5, 5.41) is 10.7. The summed E-state index contributed by atoms with van der Waals surface area (Å²) in [5.41, 5.74) is 1.18. The molecular formula is C14H14O3S2. The Hall–Kier alpha value is -1.46. The van der Waals surface area contributed by atoms with Crippen LogP contribution in [0.1, 0.15) is 15.2 Å². The van der Waals surface area contributed by atoms with E-state index in [-0.39, 0.29) is 0 Å². The Kier molecular flexibility index (Phi) is 4.87. The number of aromatic carboxylic acids is 1. The number of thiophene rings is 1. The summed E-state index contributed by atoms with van der Waals surface area (Å²) in [6.07, 6.45) is 0. The predicted molar refractivity (Wildman–Crippen MR) is 78.7 cm³/mol. The lowest BCUT2D eigenvalue weighted by Crippen LogP contribution is -1.99. The van der Waals surface area contributed by atoms with Crippen molar-refractivity contribution in [3.05, 3.63) is 46.2 Å². The van der Waals surface area contributed by atoms with E-state index in [0.29, 0.717) is 11.5 Å². The zero-order chi connectivity index (χ0) is 13.7. The number of ether oxygens (including phenoxy) is 1. The van der Waals surface area contributed by atoms with E-state index in [1.54, 1.807) is 17.8 Å². The van der Waals surface area contributed by atoms with Crippen LogP contribution >= 0.6 is 23.1 Å². The lowest BCUT2D eigenvalue weighted by atomic mass is 10.2. The van der Waals surface area contributed by atoms with Gasteiger partial charge in [0.15, 0.2) is 0 Å². The molecule has 19 heavy (non-hydrogen) atoms. The molecule has 2 rings (SSSR count). The molecule has 0 spiro atoms. The van der Waals surface area contributed by atoms with Gasteiger partial charge in [-0.1, -0.05) is 12.1 Å². The number of carbonyl (C=O) groups is 1. The van der Waals surface area contributed by atoms with Crippen LogP contribution in [0.15, 0.2) is 40.6 Å². The van der Waals surface area contributed by atoms with Crippen molar-refractivity contribution < 1.29 is 14.6 Å². The highest BCUT2D eigenvalue weighted by atomic mass is 32.2. The molecule has 1 N–H and O–H groups in total. The fourth-order valence-electron chi connectivity index (χ4n) is 1.53. The highest BCUT2D eigenvalue weighted by Crippen LogP contribution is 2.24. The molecule has 1 heterocycles. The third-order valence-electron chi connectivity index (χ3n) is 2.40. The fourth-order valence-corrected chi connectivity index (χ4v) is 3.23. The summed E-state index contributed by atoms with van der Waals surface area (Å²) >= 11 is 2.86. The lowest BCUT2D eigenvalue weighted by molar-refractivity contribution is 0.0702. The van der Waals surface area contributed by atoms with Crippen molar-refractivity contribution >= 4 is 29.1 Å². The van der Waals surface area contributed by atoms with Crippen molar-refractivity contribution in [2.75, 3.05) is 12.4 Å². The van der Waals surface area contributed by atoms with Gasteiger partial charge in [0.25, 0.3) is 0 Å². The van der Waals surface area contributed by atoms with Gasteiger partial charge < -0.3 is 9.84 Å². The number of carboxylic acids is 1. The van der Waals surface area contributed by atoms with E-state index in [1.807, 2.05) is 36.6 Å². The van der Waals surface area contributed by atoms with Crippen LogP contribution in [-0.4, -0.2) is 23.4 Å². The van der Waals surface area contributed by atoms with Gasteiger partial charge >= 0.3 is 5.97 Å². The summed E-state index contributed by atoms with van der Waals surface area (Å²) in [6.45, 7) is 2.63. The molecular weight excluding hydrogens is 280 g/mol. The Bertz CT molecular complexity index is 563. The molecule has 0 radical (unpaired) electrons. The van der Waals surface area contributed by atoms with Crippen LogP contribution in [0.5, 0.6) is 5.75 Å². The molecule has 0 aliphatic rings. The fraction of sp³-hybridized carbons (Fsp3) is 0.214. The number of hydrogen-bond acceptors (Lipinski definition) is 4. The number of aryl methyl sites for hydroxylation is 1. The molecule has 0 aliphatic heterocycles. The maximum atomic E-state index is 10.7. The zero-order valence-corrected chi connectivity index (χ0v) is 12.1. The topological polar surface area (TPSA) is 46.5 Å². The van der Waals surface area contributed by atoms with Gasteiger partial charge in [-0.3, -0.25) is 0 Å². The van der Waals surface area contributed by atoms with E-state index in [2.05, 4.69) is 0 Å². The third-order valence-corrected chi connectivity index (χ3v) is 4.40. The Labute approximate surface area is 120 Å². The molecule has 0 aliphatic carbocycles. The molecule has 0 saturated heterocycles. The quantitative estimate of drug-likeness (QED) is 0.648. The largest absolute Gasteiger partial charge is 0.493 e. The van der Waals surface area contributed by atoms with Gasteiger partial charge in [-0.05, 0) is 30.7 Å². The molecule has 0 amide bonds. The van der Waals surface area contributed by atoms with E-state index in [1.165, 1.54) is 16.9 Å². The Balaban J connectivity index is 1.76. The molecule has 0 saturated carbocycles. The third kappa shape index (κ3) is 4.29. The summed E-state index contributed by atoms with van der Waals surface area (Å²) in [6, 6.07) is 9.63. The molecule has 0 fully saturated rings. The second-order valence-electron chi connectivity index (χ2n) is 3.97. The minimum absolute atomic E-state index is 0.377. The number of hydrogen-bond donors (Lipinski definition) is 1. The van der Waals surface area contributed by atoms with Gasteiger partial charge in [-0.15, -0.1) is 23.1 Å². The number of benzene rings is 1. The summed E-state index contributed by atoms with van der Waals surface area (Å²) < 4.78 is 5.63. The van der Waals surface area contributed by atoms with Gasteiger partial charge in [0.1, 0.15) is 10.6 Å². The number of carboxylic acid groups (broad SMARTS) is 1. The monoisotopic (exact) mass is 294 g/mol. The van der Waals surface area contributed by atoms with Crippen molar-refractivity contribution in [2.45, 2.75) is 11.8 Å². The molecule has 1 aromatic heterocycles. The molecule has 0 unspecified atom stereocenters. The van der Waals surface area contributed by atoms with Crippen molar-refractivity contribution in [1.82, 2.24) is 0 Å². The van der Waals surface area contributed by atoms with Crippen LogP contribution in [0.25, 0.3) is 0 Å². The first-order valence-electron chi connectivity index (χ1n) is 5.79. The highest BCUT2D eigenvalue weighted by molar-refractivity contribution is 7.99. The average Bonchev–Trinajstić information content (AvgIpc) is 2.84. The van der Waals surface area contributed by atoms with Crippen LogP contribution in [-0.2, 0) is 0 Å². The Morgan fingerprint density at radius 1 is 1.42 bits per heavy atom. The maximum absolute atomic E-state index is 10.7. The summed E-state index contributed by atoms with van der Waals surface area (Å²) in [5.74, 6) is 0.800. The van der Waals surface area contributed by atoms with Crippen molar-refractivity contribution in [2.24, 2.45) is 0 Å². The summed E-state index contributed by atoms with van der Waals surface area (Å²) in [7, 11) is 0. The van der Waals surface area contributed by atoms with E-state index >= 15 is 0 Å². The van der Waals surface area contributed by atoms with E-state index in [0.717, 1.165) is 16.4 Å². The number of rotatable bonds is 6. The van der Waals surface area contributed by atoms with Gasteiger partial charge in [-0.25, -0.2) is 4.79 Å². The van der Waals surface area contributed by atoms with Crippen LogP contribution in [0.4, 0.5) is 0 Å². The molecule has 100 valence electrons. The molecule has 0 atom stereocenters. The first-order chi connectivity index (χ1) is 9.15. The van der Waals surface area contributed by atoms with Crippen LogP contribution < -0.4 is 4.74 Å². The van der Waals surface area contributed by atoms with Gasteiger partial charge in [0, 0.05) is 16.0 Å². The van der Waals surface area contributed by atoms with Gasteiger partial charge in [0.05, 0.1) is 6.61 Å². The molecule has 1 aromatic carbocycles. The highest BCUT2D eigenvalue weighted by Gasteiger charge is 2.06. The Morgan fingerprint density at radius 2 is 2.26 bits per heavy atom. The van der Waals surface area contributed by atoms with E-state index in [4.69, 9.17) is 9.84 Å². The minimum Gasteiger partial charge on any atom is -0.493 e. The zero-order valence-electron chi connectivity index (χ0n) is 10.5. The standard InChI is InChI=1S/C14H14O3S2/c1-10-3-2-4-11(7-10)17-5-6-18-12-8-13(14(15)16)19-9-12/h2-4,7-9H,5-6H2,1H3,(H,15,16). The second kappa shape index (κ2) is 6.63. The minimum atomic E-state index is -0.868. The van der Waals surface area contributed by atoms with E-state index < -0.39 is 5.97 Å². The first-order valence-corrected chi connectivity index (χ1v) is 7.66. The molecule has 5 heteroatoms. The average molecular weight is 294 g/mol. The smallest absolute Gasteiger partial charge is 0.345 e. The van der Waals surface area contributed by atoms with Gasteiger partial charge in [0.2, 0.25) is 0 Å².